The van der Waals surface area contributed by atoms with E-state index in [1.165, 1.54) is 4.68 Å². The van der Waals surface area contributed by atoms with Crippen molar-refractivity contribution < 1.29 is 0 Å². The SMILES string of the molecule is C=Cc1nn(PI)c2ncc(-c3c(C)[nH]n(C)c3=O)cc12. The minimum atomic E-state index is -0.0584. The summed E-state index contributed by atoms with van der Waals surface area (Å²) >= 11 is 2.26. The van der Waals surface area contributed by atoms with E-state index < -0.39 is 0 Å². The van der Waals surface area contributed by atoms with Gasteiger partial charge in [0.05, 0.1) is 17.6 Å². The minimum absolute atomic E-state index is 0.0584. The Balaban J connectivity index is 2.31. The number of aryl methyl sites for hydroxylation is 2. The van der Waals surface area contributed by atoms with E-state index in [0.717, 1.165) is 28.0 Å². The minimum Gasteiger partial charge on any atom is -0.300 e. The van der Waals surface area contributed by atoms with Gasteiger partial charge in [-0.15, -0.1) is 0 Å². The fourth-order valence-corrected chi connectivity index (χ4v) is 3.81. The Labute approximate surface area is 135 Å². The van der Waals surface area contributed by atoms with E-state index in [0.29, 0.717) is 11.9 Å². The number of aromatic nitrogens is 5. The van der Waals surface area contributed by atoms with Crippen molar-refractivity contribution >= 4 is 45.5 Å². The van der Waals surface area contributed by atoms with E-state index in [1.807, 2.05) is 17.4 Å². The molecule has 3 aromatic heterocycles. The Morgan fingerprint density at radius 2 is 2.29 bits per heavy atom. The molecule has 0 amide bonds. The van der Waals surface area contributed by atoms with Gasteiger partial charge in [0.2, 0.25) is 0 Å². The molecule has 8 heteroatoms. The zero-order valence-electron chi connectivity index (χ0n) is 11.5. The summed E-state index contributed by atoms with van der Waals surface area (Å²) < 4.78 is 3.32. The molecular formula is C13H13IN5OP. The van der Waals surface area contributed by atoms with Crippen LogP contribution in [0.1, 0.15) is 11.4 Å². The Morgan fingerprint density at radius 1 is 1.52 bits per heavy atom. The van der Waals surface area contributed by atoms with Crippen LogP contribution in [0.2, 0.25) is 0 Å². The number of rotatable bonds is 3. The summed E-state index contributed by atoms with van der Waals surface area (Å²) in [5.74, 6) is 0. The van der Waals surface area contributed by atoms with Crippen molar-refractivity contribution in [2.24, 2.45) is 7.05 Å². The number of fused-ring (bicyclic) bond motifs is 1. The molecule has 0 aliphatic rings. The second kappa shape index (κ2) is 5.38. The highest BCUT2D eigenvalue weighted by atomic mass is 127. The van der Waals surface area contributed by atoms with E-state index in [-0.39, 0.29) is 5.56 Å². The molecule has 1 atom stereocenters. The van der Waals surface area contributed by atoms with E-state index in [2.05, 4.69) is 43.8 Å². The highest BCUT2D eigenvalue weighted by Gasteiger charge is 2.15. The van der Waals surface area contributed by atoms with Crippen LogP contribution in [0.25, 0.3) is 28.2 Å². The lowest BCUT2D eigenvalue weighted by molar-refractivity contribution is 0.731. The standard InChI is InChI=1S/C13H13IN5OP/c1-4-10-9-5-8(6-15-12(9)19(17-10)21-14)11-7(2)16-18(3)13(11)20/h4-6,16,21H,1H2,2-3H3. The number of nitrogens with one attached hydrogen (secondary N) is 1. The van der Waals surface area contributed by atoms with E-state index in [9.17, 15) is 4.79 Å². The molecule has 0 saturated heterocycles. The topological polar surface area (TPSA) is 68.5 Å². The van der Waals surface area contributed by atoms with Gasteiger partial charge in [-0.05, 0) is 41.1 Å². The Kier molecular flexibility index (Phi) is 3.71. The molecule has 108 valence electrons. The van der Waals surface area contributed by atoms with Crippen LogP contribution in [-0.4, -0.2) is 24.3 Å². The number of hydrogen-bond acceptors (Lipinski definition) is 3. The molecule has 0 aromatic carbocycles. The predicted molar refractivity (Wildman–Crippen MR) is 95.1 cm³/mol. The van der Waals surface area contributed by atoms with Crippen LogP contribution in [0.4, 0.5) is 0 Å². The van der Waals surface area contributed by atoms with E-state index >= 15 is 0 Å². The molecule has 0 saturated carbocycles. The molecule has 0 fully saturated rings. The summed E-state index contributed by atoms with van der Waals surface area (Å²) in [5, 5.41) is 8.38. The largest absolute Gasteiger partial charge is 0.300 e. The first-order valence-electron chi connectivity index (χ1n) is 6.20. The molecule has 3 heterocycles. The summed E-state index contributed by atoms with van der Waals surface area (Å²) in [7, 11) is 1.70. The average molecular weight is 413 g/mol. The van der Waals surface area contributed by atoms with Crippen molar-refractivity contribution in [3.8, 4) is 11.1 Å². The number of pyridine rings is 1. The normalized spacial score (nSPS) is 11.8. The van der Waals surface area contributed by atoms with Gasteiger partial charge in [0.15, 0.2) is 5.65 Å². The first-order chi connectivity index (χ1) is 10.1. The van der Waals surface area contributed by atoms with Crippen LogP contribution in [-0.2, 0) is 7.05 Å². The lowest BCUT2D eigenvalue weighted by Crippen LogP contribution is -2.13. The molecule has 3 aromatic rings. The number of H-pyrrole nitrogens is 1. The fourth-order valence-electron chi connectivity index (χ4n) is 2.40. The van der Waals surface area contributed by atoms with Gasteiger partial charge in [-0.3, -0.25) is 14.6 Å². The van der Waals surface area contributed by atoms with Crippen LogP contribution < -0.4 is 5.56 Å². The van der Waals surface area contributed by atoms with Crippen LogP contribution in [0, 0.1) is 6.92 Å². The van der Waals surface area contributed by atoms with E-state index in [1.54, 1.807) is 19.3 Å². The number of halogens is 1. The molecule has 21 heavy (non-hydrogen) atoms. The molecule has 0 radical (unpaired) electrons. The predicted octanol–water partition coefficient (Wildman–Crippen LogP) is 2.87. The monoisotopic (exact) mass is 413 g/mol. The average Bonchev–Trinajstić information content (AvgIpc) is 2.96. The van der Waals surface area contributed by atoms with Crippen LogP contribution in [0.15, 0.2) is 23.6 Å². The second-order valence-electron chi connectivity index (χ2n) is 4.66. The lowest BCUT2D eigenvalue weighted by atomic mass is 10.1. The smallest absolute Gasteiger partial charge is 0.274 e. The third kappa shape index (κ3) is 2.24. The maximum absolute atomic E-state index is 12.2. The van der Waals surface area contributed by atoms with Crippen LogP contribution >= 0.6 is 28.4 Å². The Hall–Kier alpha value is -1.47. The summed E-state index contributed by atoms with van der Waals surface area (Å²) in [5.41, 5.74) is 3.80. The van der Waals surface area contributed by atoms with Gasteiger partial charge in [-0.2, -0.15) is 5.10 Å². The highest BCUT2D eigenvalue weighted by Crippen LogP contribution is 2.31. The van der Waals surface area contributed by atoms with Gasteiger partial charge in [0.1, 0.15) is 0 Å². The second-order valence-corrected chi connectivity index (χ2v) is 6.70. The maximum Gasteiger partial charge on any atom is 0.274 e. The van der Waals surface area contributed by atoms with Crippen LogP contribution in [0.5, 0.6) is 0 Å². The van der Waals surface area contributed by atoms with Crippen molar-refractivity contribution in [3.63, 3.8) is 0 Å². The number of hydrogen-bond donors (Lipinski definition) is 1. The van der Waals surface area contributed by atoms with Crippen molar-refractivity contribution in [2.45, 2.75) is 6.92 Å². The lowest BCUT2D eigenvalue weighted by Gasteiger charge is -2.00. The molecule has 1 unspecified atom stereocenters. The summed E-state index contributed by atoms with van der Waals surface area (Å²) in [6.07, 6.45) is 3.90. The summed E-state index contributed by atoms with van der Waals surface area (Å²) in [6.45, 7) is 5.68. The van der Waals surface area contributed by atoms with Gasteiger partial charge >= 0.3 is 0 Å². The first kappa shape index (κ1) is 14.5. The zero-order valence-corrected chi connectivity index (χ0v) is 14.7. The Bertz CT molecular complexity index is 907. The van der Waals surface area contributed by atoms with Crippen molar-refractivity contribution in [3.05, 3.63) is 40.6 Å². The number of nitrogens with zero attached hydrogens (tertiary/aromatic N) is 4. The van der Waals surface area contributed by atoms with Crippen molar-refractivity contribution in [1.29, 1.82) is 0 Å². The van der Waals surface area contributed by atoms with Gasteiger partial charge in [-0.25, -0.2) is 9.44 Å². The molecule has 0 bridgehead atoms. The van der Waals surface area contributed by atoms with Gasteiger partial charge in [0.25, 0.3) is 5.56 Å². The highest BCUT2D eigenvalue weighted by molar-refractivity contribution is 14.2. The summed E-state index contributed by atoms with van der Waals surface area (Å²) in [6, 6.07) is 1.96. The van der Waals surface area contributed by atoms with Gasteiger partial charge in [0, 0.05) is 29.9 Å². The molecule has 6 nitrogen and oxygen atoms in total. The molecule has 0 aliphatic carbocycles. The third-order valence-electron chi connectivity index (χ3n) is 3.34. The van der Waals surface area contributed by atoms with Crippen molar-refractivity contribution in [2.75, 3.05) is 0 Å². The quantitative estimate of drug-likeness (QED) is 0.531. The molecular weight excluding hydrogens is 400 g/mol. The molecule has 1 N–H and O–H groups in total. The maximum atomic E-state index is 12.2. The van der Waals surface area contributed by atoms with Crippen LogP contribution in [0.3, 0.4) is 0 Å². The zero-order chi connectivity index (χ0) is 15.1. The van der Waals surface area contributed by atoms with Gasteiger partial charge in [-0.1, -0.05) is 6.58 Å². The Morgan fingerprint density at radius 3 is 2.86 bits per heavy atom. The first-order valence-corrected chi connectivity index (χ1v) is 10.3. The molecule has 0 aliphatic heterocycles. The fraction of sp³-hybridized carbons (Fsp3) is 0.154. The van der Waals surface area contributed by atoms with Gasteiger partial charge < -0.3 is 0 Å². The van der Waals surface area contributed by atoms with E-state index in [4.69, 9.17) is 0 Å². The van der Waals surface area contributed by atoms with Crippen molar-refractivity contribution in [1.82, 2.24) is 24.3 Å². The summed E-state index contributed by atoms with van der Waals surface area (Å²) in [4.78, 5) is 16.7. The molecule has 0 spiro atoms. The number of aromatic amines is 1. The third-order valence-corrected chi connectivity index (χ3v) is 5.18. The molecule has 3 rings (SSSR count).